The van der Waals surface area contributed by atoms with Crippen molar-refractivity contribution < 1.29 is 0 Å². The minimum Gasteiger partial charge on any atom is -0.346 e. The molecule has 0 aromatic carbocycles. The number of hydrogen-bond donors (Lipinski definition) is 1. The van der Waals surface area contributed by atoms with Crippen LogP contribution in [0.5, 0.6) is 0 Å². The van der Waals surface area contributed by atoms with Gasteiger partial charge in [-0.2, -0.15) is 0 Å². The van der Waals surface area contributed by atoms with E-state index < -0.39 is 0 Å². The van der Waals surface area contributed by atoms with Gasteiger partial charge in [-0.3, -0.25) is 15.0 Å². The predicted octanol–water partition coefficient (Wildman–Crippen LogP) is 2.51. The molecule has 1 aromatic heterocycles. The third kappa shape index (κ3) is 3.97. The van der Waals surface area contributed by atoms with E-state index in [1.54, 1.807) is 11.8 Å². The second kappa shape index (κ2) is 8.13. The molecule has 118 valence electrons. The number of H-pyrrole nitrogens is 1. The summed E-state index contributed by atoms with van der Waals surface area (Å²) in [5, 5.41) is 1.24. The maximum Gasteiger partial charge on any atom is 0.132 e. The van der Waals surface area contributed by atoms with E-state index in [0.29, 0.717) is 0 Å². The standard InChI is InChI=1S/C17H24N4S/c1-5-22-11-21-13(3)16(12(2)18-4)9-14-10-20-17-15(14)7-6-8-19-17/h7,10-11H,5-6,8-9H2,1-4H3,(H,19,20)/b16-13-,18-12?,21-11?. The van der Waals surface area contributed by atoms with Gasteiger partial charge in [-0.1, -0.05) is 13.0 Å². The van der Waals surface area contributed by atoms with Gasteiger partial charge in [0.1, 0.15) is 5.49 Å². The highest BCUT2D eigenvalue weighted by Crippen LogP contribution is 2.14. The van der Waals surface area contributed by atoms with Crippen LogP contribution in [-0.2, 0) is 6.42 Å². The number of aromatic nitrogens is 1. The van der Waals surface area contributed by atoms with Crippen molar-refractivity contribution in [1.82, 2.24) is 4.98 Å². The molecule has 1 N–H and O–H groups in total. The van der Waals surface area contributed by atoms with Crippen molar-refractivity contribution >= 4 is 29.1 Å². The number of hydrogen-bond acceptors (Lipinski definition) is 4. The van der Waals surface area contributed by atoms with Crippen LogP contribution in [0.4, 0.5) is 0 Å². The van der Waals surface area contributed by atoms with E-state index in [4.69, 9.17) is 0 Å². The zero-order valence-corrected chi connectivity index (χ0v) is 14.6. The Bertz CT molecular complexity index is 722. The third-order valence-corrected chi connectivity index (χ3v) is 4.38. The molecule has 4 nitrogen and oxygen atoms in total. The van der Waals surface area contributed by atoms with Gasteiger partial charge in [-0.25, -0.2) is 0 Å². The van der Waals surface area contributed by atoms with Gasteiger partial charge in [-0.05, 0) is 37.2 Å². The maximum atomic E-state index is 4.57. The van der Waals surface area contributed by atoms with Gasteiger partial charge in [0.05, 0.1) is 5.55 Å². The molecule has 2 heterocycles. The number of thioether (sulfide) groups is 1. The highest BCUT2D eigenvalue weighted by Gasteiger charge is 2.11. The first kappa shape index (κ1) is 16.7. The van der Waals surface area contributed by atoms with E-state index in [1.165, 1.54) is 16.4 Å². The van der Waals surface area contributed by atoms with Crippen molar-refractivity contribution in [3.8, 4) is 0 Å². The van der Waals surface area contributed by atoms with Gasteiger partial charge < -0.3 is 4.98 Å². The highest BCUT2D eigenvalue weighted by atomic mass is 32.2. The molecule has 0 aliphatic carbocycles. The molecule has 1 aliphatic heterocycles. The summed E-state index contributed by atoms with van der Waals surface area (Å²) < 4.78 is 0. The summed E-state index contributed by atoms with van der Waals surface area (Å²) >= 11 is 1.71. The monoisotopic (exact) mass is 316 g/mol. The molecule has 0 bridgehead atoms. The van der Waals surface area contributed by atoms with Crippen molar-refractivity contribution in [3.63, 3.8) is 0 Å². The molecule has 0 amide bonds. The van der Waals surface area contributed by atoms with E-state index in [0.717, 1.165) is 42.0 Å². The smallest absolute Gasteiger partial charge is 0.132 e. The first-order valence-corrected chi connectivity index (χ1v) is 8.70. The van der Waals surface area contributed by atoms with Crippen LogP contribution in [0.2, 0.25) is 0 Å². The Morgan fingerprint density at radius 1 is 1.45 bits per heavy atom. The lowest BCUT2D eigenvalue weighted by atomic mass is 10.0. The van der Waals surface area contributed by atoms with Crippen molar-refractivity contribution in [3.05, 3.63) is 33.7 Å². The van der Waals surface area contributed by atoms with Crippen LogP contribution in [0.1, 0.15) is 32.8 Å². The van der Waals surface area contributed by atoms with Gasteiger partial charge in [0.2, 0.25) is 0 Å². The number of nitrogens with one attached hydrogen (secondary N) is 1. The topological polar surface area (TPSA) is 52.9 Å². The number of aliphatic imine (C=N–C) groups is 2. The average Bonchev–Trinajstić information content (AvgIpc) is 2.95. The van der Waals surface area contributed by atoms with Crippen LogP contribution in [0, 0.1) is 0 Å². The molecule has 0 atom stereocenters. The summed E-state index contributed by atoms with van der Waals surface area (Å²) in [5.41, 5.74) is 7.47. The van der Waals surface area contributed by atoms with Crippen LogP contribution in [0.3, 0.4) is 0 Å². The van der Waals surface area contributed by atoms with Crippen LogP contribution >= 0.6 is 11.8 Å². The molecule has 0 saturated heterocycles. The Labute approximate surface area is 136 Å². The van der Waals surface area contributed by atoms with Gasteiger partial charge in [0.15, 0.2) is 0 Å². The number of allylic oxidation sites excluding steroid dienone is 2. The zero-order valence-electron chi connectivity index (χ0n) is 13.8. The summed E-state index contributed by atoms with van der Waals surface area (Å²) in [5.74, 6) is 1.04. The van der Waals surface area contributed by atoms with Crippen molar-refractivity contribution in [2.75, 3.05) is 19.3 Å². The fraction of sp³-hybridized carbons (Fsp3) is 0.471. The van der Waals surface area contributed by atoms with Crippen LogP contribution < -0.4 is 10.7 Å². The van der Waals surface area contributed by atoms with E-state index >= 15 is 0 Å². The lowest BCUT2D eigenvalue weighted by Gasteiger charge is -2.09. The van der Waals surface area contributed by atoms with Gasteiger partial charge in [0.25, 0.3) is 0 Å². The summed E-state index contributed by atoms with van der Waals surface area (Å²) in [6.07, 6.45) is 6.19. The minimum atomic E-state index is 0.834. The quantitative estimate of drug-likeness (QED) is 0.636. The maximum absolute atomic E-state index is 4.57. The molecule has 1 aliphatic rings. The van der Waals surface area contributed by atoms with E-state index in [2.05, 4.69) is 53.0 Å². The molecule has 0 saturated carbocycles. The number of aromatic amines is 1. The summed E-state index contributed by atoms with van der Waals surface area (Å²) in [6.45, 7) is 7.11. The van der Waals surface area contributed by atoms with E-state index in [1.807, 2.05) is 12.6 Å². The molecule has 0 radical (unpaired) electrons. The lowest BCUT2D eigenvalue weighted by molar-refractivity contribution is 0.933. The second-order valence-electron chi connectivity index (χ2n) is 5.19. The molecule has 5 heteroatoms. The van der Waals surface area contributed by atoms with Gasteiger partial charge in [0, 0.05) is 42.8 Å². The summed E-state index contributed by atoms with van der Waals surface area (Å²) in [6, 6.07) is 0. The van der Waals surface area contributed by atoms with Crippen molar-refractivity contribution in [1.29, 1.82) is 0 Å². The average molecular weight is 316 g/mol. The summed E-state index contributed by atoms with van der Waals surface area (Å²) in [4.78, 5) is 16.7. The molecular weight excluding hydrogens is 292 g/mol. The second-order valence-corrected chi connectivity index (χ2v) is 6.31. The fourth-order valence-electron chi connectivity index (χ4n) is 2.46. The van der Waals surface area contributed by atoms with E-state index in [-0.39, 0.29) is 0 Å². The Hall–Kier alpha value is -1.62. The zero-order chi connectivity index (χ0) is 15.9. The number of nitrogens with zero attached hydrogens (tertiary/aromatic N) is 3. The first-order valence-electron chi connectivity index (χ1n) is 7.66. The Balaban J connectivity index is 2.37. The number of rotatable bonds is 6. The molecule has 0 spiro atoms. The Kier molecular flexibility index (Phi) is 6.19. The lowest BCUT2D eigenvalue weighted by Crippen LogP contribution is -2.29. The van der Waals surface area contributed by atoms with E-state index in [9.17, 15) is 0 Å². The molecular formula is C17H24N4S. The third-order valence-electron chi connectivity index (χ3n) is 3.80. The molecule has 22 heavy (non-hydrogen) atoms. The summed E-state index contributed by atoms with van der Waals surface area (Å²) in [7, 11) is 1.83. The highest BCUT2D eigenvalue weighted by molar-refractivity contribution is 8.12. The fourth-order valence-corrected chi connectivity index (χ4v) is 2.85. The molecule has 0 unspecified atom stereocenters. The normalized spacial score (nSPS) is 16.1. The van der Waals surface area contributed by atoms with Crippen LogP contribution in [0.25, 0.3) is 6.08 Å². The first-order chi connectivity index (χ1) is 10.7. The van der Waals surface area contributed by atoms with Crippen molar-refractivity contribution in [2.45, 2.75) is 33.6 Å². The van der Waals surface area contributed by atoms with Crippen LogP contribution in [-0.4, -0.2) is 35.6 Å². The minimum absolute atomic E-state index is 0.834. The molecule has 1 aromatic rings. The SMILES string of the molecule is CCSC=N/C(C)=C(/Cc1c[nH]c2c1=CCCN=2)C(C)=NC. The Morgan fingerprint density at radius 3 is 3.00 bits per heavy atom. The largest absolute Gasteiger partial charge is 0.346 e. The predicted molar refractivity (Wildman–Crippen MR) is 97.6 cm³/mol. The van der Waals surface area contributed by atoms with Crippen molar-refractivity contribution in [2.24, 2.45) is 15.0 Å². The molecule has 0 fully saturated rings. The Morgan fingerprint density at radius 2 is 2.27 bits per heavy atom. The van der Waals surface area contributed by atoms with Gasteiger partial charge >= 0.3 is 0 Å². The number of fused-ring (bicyclic) bond motifs is 1. The molecule has 2 rings (SSSR count). The van der Waals surface area contributed by atoms with Gasteiger partial charge in [-0.15, -0.1) is 11.8 Å². The van der Waals surface area contributed by atoms with Crippen LogP contribution in [0.15, 0.2) is 32.4 Å².